The average molecular weight is 220 g/mol. The molecule has 70 valence electrons. The van der Waals surface area contributed by atoms with E-state index in [9.17, 15) is 0 Å². The third-order valence-electron chi connectivity index (χ3n) is 1.57. The van der Waals surface area contributed by atoms with Crippen molar-refractivity contribution >= 4 is 35.1 Å². The molecule has 0 atom stereocenters. The highest BCUT2D eigenvalue weighted by molar-refractivity contribution is 7.08. The van der Waals surface area contributed by atoms with Crippen LogP contribution in [0.25, 0.3) is 0 Å². The van der Waals surface area contributed by atoms with Crippen LogP contribution in [0.5, 0.6) is 0 Å². The van der Waals surface area contributed by atoms with Crippen molar-refractivity contribution in [3.05, 3.63) is 44.8 Å². The summed E-state index contributed by atoms with van der Waals surface area (Å²) in [6, 6.07) is 4.02. The molecular formula is C10H8N2S2. The smallest absolute Gasteiger partial charge is 0.0576 e. The Kier molecular flexibility index (Phi) is 3.21. The predicted octanol–water partition coefficient (Wildman–Crippen LogP) is 3.26. The zero-order valence-corrected chi connectivity index (χ0v) is 8.96. The first kappa shape index (κ1) is 9.30. The highest BCUT2D eigenvalue weighted by Crippen LogP contribution is 2.03. The number of hydrogen-bond donors (Lipinski definition) is 0. The van der Waals surface area contributed by atoms with E-state index in [1.807, 2.05) is 33.7 Å². The molecule has 0 saturated heterocycles. The lowest BCUT2D eigenvalue weighted by atomic mass is 10.4. The third-order valence-corrected chi connectivity index (χ3v) is 2.97. The maximum atomic E-state index is 3.94. The van der Waals surface area contributed by atoms with Gasteiger partial charge in [0.25, 0.3) is 0 Å². The molecule has 0 unspecified atom stereocenters. The SMILES string of the molecule is C(=N/N=C/c1ccsc1)c1ccsc1. The van der Waals surface area contributed by atoms with Crippen molar-refractivity contribution in [1.82, 2.24) is 0 Å². The fourth-order valence-corrected chi connectivity index (χ4v) is 2.12. The molecule has 0 amide bonds. The molecule has 0 radical (unpaired) electrons. The summed E-state index contributed by atoms with van der Waals surface area (Å²) in [7, 11) is 0. The third kappa shape index (κ3) is 2.61. The van der Waals surface area contributed by atoms with Gasteiger partial charge in [0.05, 0.1) is 12.4 Å². The summed E-state index contributed by atoms with van der Waals surface area (Å²) in [5.74, 6) is 0. The van der Waals surface area contributed by atoms with Crippen molar-refractivity contribution in [1.29, 1.82) is 0 Å². The number of thiophene rings is 2. The first-order chi connectivity index (χ1) is 6.95. The summed E-state index contributed by atoms with van der Waals surface area (Å²) in [5, 5.41) is 16.0. The molecule has 2 heterocycles. The van der Waals surface area contributed by atoms with Crippen molar-refractivity contribution in [3.8, 4) is 0 Å². The van der Waals surface area contributed by atoms with Gasteiger partial charge in [-0.25, -0.2) is 0 Å². The summed E-state index contributed by atoms with van der Waals surface area (Å²) in [5.41, 5.74) is 2.19. The van der Waals surface area contributed by atoms with Gasteiger partial charge in [-0.05, 0) is 33.7 Å². The zero-order valence-electron chi connectivity index (χ0n) is 7.33. The van der Waals surface area contributed by atoms with Gasteiger partial charge in [0, 0.05) is 11.1 Å². The van der Waals surface area contributed by atoms with Crippen LogP contribution < -0.4 is 0 Å². The van der Waals surface area contributed by atoms with Crippen LogP contribution in [0.1, 0.15) is 11.1 Å². The largest absolute Gasteiger partial charge is 0.158 e. The quantitative estimate of drug-likeness (QED) is 0.560. The molecule has 2 aromatic heterocycles. The van der Waals surface area contributed by atoms with Gasteiger partial charge < -0.3 is 0 Å². The number of hydrogen-bond acceptors (Lipinski definition) is 4. The summed E-state index contributed by atoms with van der Waals surface area (Å²) in [6.45, 7) is 0. The van der Waals surface area contributed by atoms with Gasteiger partial charge in [-0.3, -0.25) is 0 Å². The van der Waals surface area contributed by atoms with E-state index < -0.39 is 0 Å². The standard InChI is InChI=1S/C10H8N2S2/c1-3-13-7-9(1)5-11-12-6-10-2-4-14-8-10/h1-8H/b11-5+,12-6?. The van der Waals surface area contributed by atoms with Crippen LogP contribution in [0.4, 0.5) is 0 Å². The van der Waals surface area contributed by atoms with E-state index in [1.54, 1.807) is 35.1 Å². The fraction of sp³-hybridized carbons (Fsp3) is 0. The Hall–Kier alpha value is -1.26. The Morgan fingerprint density at radius 2 is 1.36 bits per heavy atom. The maximum Gasteiger partial charge on any atom is 0.0576 e. The fourth-order valence-electron chi connectivity index (χ4n) is 0.897. The van der Waals surface area contributed by atoms with Crippen molar-refractivity contribution in [2.24, 2.45) is 10.2 Å². The Bertz CT molecular complexity index is 371. The second-order valence-electron chi connectivity index (χ2n) is 2.60. The van der Waals surface area contributed by atoms with Gasteiger partial charge >= 0.3 is 0 Å². The maximum absolute atomic E-state index is 3.94. The number of nitrogens with zero attached hydrogens (tertiary/aromatic N) is 2. The summed E-state index contributed by atoms with van der Waals surface area (Å²) in [4.78, 5) is 0. The van der Waals surface area contributed by atoms with Crippen LogP contribution in [0, 0.1) is 0 Å². The Morgan fingerprint density at radius 3 is 1.71 bits per heavy atom. The molecule has 0 aliphatic carbocycles. The highest BCUT2D eigenvalue weighted by atomic mass is 32.1. The molecule has 4 heteroatoms. The minimum absolute atomic E-state index is 1.09. The molecule has 0 N–H and O–H groups in total. The lowest BCUT2D eigenvalue weighted by Gasteiger charge is -1.80. The molecule has 2 rings (SSSR count). The molecule has 0 saturated carbocycles. The van der Waals surface area contributed by atoms with E-state index in [1.165, 1.54) is 0 Å². The molecular weight excluding hydrogens is 212 g/mol. The monoisotopic (exact) mass is 220 g/mol. The van der Waals surface area contributed by atoms with Crippen LogP contribution in [0.15, 0.2) is 43.9 Å². The normalized spacial score (nSPS) is 11.7. The van der Waals surface area contributed by atoms with E-state index in [0.29, 0.717) is 0 Å². The van der Waals surface area contributed by atoms with E-state index in [0.717, 1.165) is 11.1 Å². The molecule has 0 fully saturated rings. The highest BCUT2D eigenvalue weighted by Gasteiger charge is 1.85. The van der Waals surface area contributed by atoms with Gasteiger partial charge in [-0.1, -0.05) is 0 Å². The number of rotatable bonds is 3. The van der Waals surface area contributed by atoms with Crippen LogP contribution in [0.3, 0.4) is 0 Å². The van der Waals surface area contributed by atoms with Gasteiger partial charge in [0.15, 0.2) is 0 Å². The van der Waals surface area contributed by atoms with Crippen LogP contribution >= 0.6 is 22.7 Å². The topological polar surface area (TPSA) is 24.7 Å². The lowest BCUT2D eigenvalue weighted by molar-refractivity contribution is 1.27. The minimum Gasteiger partial charge on any atom is -0.158 e. The molecule has 2 aromatic rings. The zero-order chi connectivity index (χ0) is 9.64. The second kappa shape index (κ2) is 4.83. The first-order valence-electron chi connectivity index (χ1n) is 4.06. The van der Waals surface area contributed by atoms with Gasteiger partial charge in [0.2, 0.25) is 0 Å². The Labute approximate surface area is 90.3 Å². The van der Waals surface area contributed by atoms with E-state index in [-0.39, 0.29) is 0 Å². The van der Waals surface area contributed by atoms with E-state index in [4.69, 9.17) is 0 Å². The molecule has 0 aliphatic heterocycles. The van der Waals surface area contributed by atoms with Gasteiger partial charge in [0.1, 0.15) is 0 Å². The van der Waals surface area contributed by atoms with E-state index in [2.05, 4.69) is 10.2 Å². The van der Waals surface area contributed by atoms with E-state index >= 15 is 0 Å². The van der Waals surface area contributed by atoms with Crippen LogP contribution in [-0.2, 0) is 0 Å². The average Bonchev–Trinajstić information content (AvgIpc) is 2.86. The molecule has 14 heavy (non-hydrogen) atoms. The molecule has 0 spiro atoms. The Morgan fingerprint density at radius 1 is 0.857 bits per heavy atom. The van der Waals surface area contributed by atoms with Gasteiger partial charge in [-0.2, -0.15) is 32.9 Å². The first-order valence-corrected chi connectivity index (χ1v) is 5.94. The predicted molar refractivity (Wildman–Crippen MR) is 63.8 cm³/mol. The Balaban J connectivity index is 1.94. The molecule has 0 bridgehead atoms. The molecule has 0 aliphatic rings. The summed E-state index contributed by atoms with van der Waals surface area (Å²) in [6.07, 6.45) is 3.50. The van der Waals surface area contributed by atoms with Crippen LogP contribution in [-0.4, -0.2) is 12.4 Å². The van der Waals surface area contributed by atoms with Crippen molar-refractivity contribution in [2.75, 3.05) is 0 Å². The minimum atomic E-state index is 1.09. The van der Waals surface area contributed by atoms with Crippen molar-refractivity contribution < 1.29 is 0 Å². The van der Waals surface area contributed by atoms with Crippen molar-refractivity contribution in [3.63, 3.8) is 0 Å². The van der Waals surface area contributed by atoms with Crippen LogP contribution in [0.2, 0.25) is 0 Å². The summed E-state index contributed by atoms with van der Waals surface area (Å²) < 4.78 is 0. The molecule has 2 nitrogen and oxygen atoms in total. The summed E-state index contributed by atoms with van der Waals surface area (Å²) >= 11 is 3.31. The molecule has 0 aromatic carbocycles. The second-order valence-corrected chi connectivity index (χ2v) is 4.16. The lowest BCUT2D eigenvalue weighted by Crippen LogP contribution is -1.74. The van der Waals surface area contributed by atoms with Gasteiger partial charge in [-0.15, -0.1) is 0 Å². The van der Waals surface area contributed by atoms with Crippen molar-refractivity contribution in [2.45, 2.75) is 0 Å².